The maximum Gasteiger partial charge on any atom is 0.159 e. The van der Waals surface area contributed by atoms with E-state index in [2.05, 4.69) is 28.4 Å². The predicted molar refractivity (Wildman–Crippen MR) is 103 cm³/mol. The zero-order valence-electron chi connectivity index (χ0n) is 15.2. The Hall–Kier alpha value is -3.00. The molecule has 5 heteroatoms. The Bertz CT molecular complexity index is 816. The number of hydrogen-bond acceptors (Lipinski definition) is 5. The predicted octanol–water partition coefficient (Wildman–Crippen LogP) is 3.85. The van der Waals surface area contributed by atoms with Crippen LogP contribution in [0.2, 0.25) is 0 Å². The average molecular weight is 349 g/mol. The third kappa shape index (κ3) is 3.97. The first-order valence-electron chi connectivity index (χ1n) is 8.81. The fraction of sp³-hybridized carbons (Fsp3) is 0.333. The van der Waals surface area contributed by atoms with E-state index in [-0.39, 0.29) is 5.78 Å². The van der Waals surface area contributed by atoms with Gasteiger partial charge >= 0.3 is 0 Å². The van der Waals surface area contributed by atoms with Crippen LogP contribution in [0.1, 0.15) is 35.7 Å². The average Bonchev–Trinajstić information content (AvgIpc) is 2.68. The second-order valence-corrected chi connectivity index (χ2v) is 6.53. The van der Waals surface area contributed by atoms with Crippen LogP contribution in [0.15, 0.2) is 42.5 Å². The van der Waals surface area contributed by atoms with Gasteiger partial charge in [0.15, 0.2) is 5.78 Å². The van der Waals surface area contributed by atoms with Gasteiger partial charge in [0.1, 0.15) is 11.8 Å². The highest BCUT2D eigenvalue weighted by atomic mass is 16.5. The summed E-state index contributed by atoms with van der Waals surface area (Å²) in [6.45, 7) is 3.43. The molecule has 1 saturated heterocycles. The third-order valence-corrected chi connectivity index (χ3v) is 4.84. The Kier molecular flexibility index (Phi) is 5.43. The number of piperidine rings is 1. The fourth-order valence-corrected chi connectivity index (χ4v) is 3.28. The number of carbonyl (C=O) groups is 1. The molecule has 1 aliphatic rings. The zero-order chi connectivity index (χ0) is 18.5. The fourth-order valence-electron chi connectivity index (χ4n) is 3.28. The normalized spacial score (nSPS) is 14.6. The third-order valence-electron chi connectivity index (χ3n) is 4.84. The molecule has 134 valence electrons. The Morgan fingerprint density at radius 3 is 2.46 bits per heavy atom. The van der Waals surface area contributed by atoms with Crippen LogP contribution in [-0.2, 0) is 0 Å². The SMILES string of the molecule is COc1ccc(N2CCC(Nc3cc(C(C)=O)ccc3C#N)CC2)cc1. The number of ether oxygens (including phenoxy) is 1. The van der Waals surface area contributed by atoms with E-state index in [1.54, 1.807) is 32.2 Å². The minimum atomic E-state index is 0.00636. The monoisotopic (exact) mass is 349 g/mol. The summed E-state index contributed by atoms with van der Waals surface area (Å²) in [5, 5.41) is 12.8. The molecule has 1 fully saturated rings. The summed E-state index contributed by atoms with van der Waals surface area (Å²) in [7, 11) is 1.67. The smallest absolute Gasteiger partial charge is 0.159 e. The molecule has 0 radical (unpaired) electrons. The van der Waals surface area contributed by atoms with E-state index in [0.717, 1.165) is 37.4 Å². The molecule has 1 heterocycles. The molecule has 1 aliphatic heterocycles. The van der Waals surface area contributed by atoms with E-state index in [4.69, 9.17) is 4.74 Å². The van der Waals surface area contributed by atoms with Gasteiger partial charge in [-0.15, -0.1) is 0 Å². The van der Waals surface area contributed by atoms with Crippen molar-refractivity contribution in [2.75, 3.05) is 30.4 Å². The molecular weight excluding hydrogens is 326 g/mol. The summed E-state index contributed by atoms with van der Waals surface area (Å²) >= 11 is 0. The first-order chi connectivity index (χ1) is 12.6. The van der Waals surface area contributed by atoms with Crippen LogP contribution in [0, 0.1) is 11.3 Å². The highest BCUT2D eigenvalue weighted by molar-refractivity contribution is 5.95. The van der Waals surface area contributed by atoms with Crippen molar-refractivity contribution in [1.29, 1.82) is 5.26 Å². The highest BCUT2D eigenvalue weighted by Crippen LogP contribution is 2.25. The number of rotatable bonds is 5. The van der Waals surface area contributed by atoms with Crippen LogP contribution >= 0.6 is 0 Å². The number of anilines is 2. The Morgan fingerprint density at radius 1 is 1.19 bits per heavy atom. The van der Waals surface area contributed by atoms with E-state index >= 15 is 0 Å². The summed E-state index contributed by atoms with van der Waals surface area (Å²) in [5.41, 5.74) is 3.15. The number of nitrogens with one attached hydrogen (secondary N) is 1. The molecule has 0 bridgehead atoms. The molecule has 2 aromatic carbocycles. The van der Waals surface area contributed by atoms with Gasteiger partial charge in [-0.1, -0.05) is 0 Å². The molecule has 0 atom stereocenters. The molecule has 1 N–H and O–H groups in total. The van der Waals surface area contributed by atoms with Gasteiger partial charge in [0.25, 0.3) is 0 Å². The first-order valence-corrected chi connectivity index (χ1v) is 8.81. The molecule has 26 heavy (non-hydrogen) atoms. The van der Waals surface area contributed by atoms with Crippen LogP contribution in [0.25, 0.3) is 0 Å². The summed E-state index contributed by atoms with van der Waals surface area (Å²) in [4.78, 5) is 14.0. The topological polar surface area (TPSA) is 65.4 Å². The summed E-state index contributed by atoms with van der Waals surface area (Å²) in [6.07, 6.45) is 1.95. The van der Waals surface area contributed by atoms with Crippen molar-refractivity contribution < 1.29 is 9.53 Å². The summed E-state index contributed by atoms with van der Waals surface area (Å²) in [5.74, 6) is 0.867. The zero-order valence-corrected chi connectivity index (χ0v) is 15.2. The van der Waals surface area contributed by atoms with Crippen LogP contribution in [0.5, 0.6) is 5.75 Å². The van der Waals surface area contributed by atoms with E-state index in [1.165, 1.54) is 5.69 Å². The second-order valence-electron chi connectivity index (χ2n) is 6.53. The Balaban J connectivity index is 1.64. The largest absolute Gasteiger partial charge is 0.497 e. The minimum absolute atomic E-state index is 0.00636. The Morgan fingerprint density at radius 2 is 1.88 bits per heavy atom. The number of methoxy groups -OCH3 is 1. The van der Waals surface area contributed by atoms with Crippen molar-refractivity contribution in [3.63, 3.8) is 0 Å². The van der Waals surface area contributed by atoms with E-state index < -0.39 is 0 Å². The lowest BCUT2D eigenvalue weighted by Gasteiger charge is -2.34. The van der Waals surface area contributed by atoms with Crippen molar-refractivity contribution in [2.45, 2.75) is 25.8 Å². The number of nitrogens with zero attached hydrogens (tertiary/aromatic N) is 2. The number of hydrogen-bond donors (Lipinski definition) is 1. The minimum Gasteiger partial charge on any atom is -0.497 e. The van der Waals surface area contributed by atoms with Gasteiger partial charge in [-0.2, -0.15) is 5.26 Å². The highest BCUT2D eigenvalue weighted by Gasteiger charge is 2.20. The standard InChI is InChI=1S/C21H23N3O2/c1-15(25)16-3-4-17(14-22)21(13-16)23-18-9-11-24(12-10-18)19-5-7-20(26-2)8-6-19/h3-8,13,18,23H,9-12H2,1-2H3. The lowest BCUT2D eigenvalue weighted by Crippen LogP contribution is -2.39. The second kappa shape index (κ2) is 7.92. The van der Waals surface area contributed by atoms with Gasteiger partial charge in [-0.05, 0) is 62.2 Å². The van der Waals surface area contributed by atoms with Crippen molar-refractivity contribution in [3.05, 3.63) is 53.6 Å². The van der Waals surface area contributed by atoms with Crippen LogP contribution < -0.4 is 15.0 Å². The van der Waals surface area contributed by atoms with E-state index in [9.17, 15) is 10.1 Å². The van der Waals surface area contributed by atoms with Gasteiger partial charge in [-0.25, -0.2) is 0 Å². The van der Waals surface area contributed by atoms with Gasteiger partial charge in [0, 0.05) is 30.4 Å². The Labute approximate surface area is 154 Å². The maximum absolute atomic E-state index is 11.6. The molecule has 3 rings (SSSR count). The molecular formula is C21H23N3O2. The molecule has 2 aromatic rings. The number of nitriles is 1. The van der Waals surface area contributed by atoms with Gasteiger partial charge in [0.05, 0.1) is 18.4 Å². The van der Waals surface area contributed by atoms with Gasteiger partial charge in [0.2, 0.25) is 0 Å². The lowest BCUT2D eigenvalue weighted by atomic mass is 10.0. The molecule has 0 spiro atoms. The van der Waals surface area contributed by atoms with Crippen molar-refractivity contribution >= 4 is 17.2 Å². The summed E-state index contributed by atoms with van der Waals surface area (Å²) in [6, 6.07) is 15.8. The molecule has 5 nitrogen and oxygen atoms in total. The van der Waals surface area contributed by atoms with Gasteiger partial charge in [-0.3, -0.25) is 4.79 Å². The number of ketones is 1. The number of Topliss-reactive ketones (excluding diaryl/α,β-unsaturated/α-hetero) is 1. The van der Waals surface area contributed by atoms with Crippen LogP contribution in [-0.4, -0.2) is 32.0 Å². The van der Waals surface area contributed by atoms with Crippen molar-refractivity contribution in [1.82, 2.24) is 0 Å². The molecule has 0 amide bonds. The van der Waals surface area contributed by atoms with Crippen molar-refractivity contribution in [2.24, 2.45) is 0 Å². The number of carbonyl (C=O) groups excluding carboxylic acids is 1. The first kappa shape index (κ1) is 17.8. The molecule has 0 aliphatic carbocycles. The van der Waals surface area contributed by atoms with Crippen molar-refractivity contribution in [3.8, 4) is 11.8 Å². The van der Waals surface area contributed by atoms with E-state index in [0.29, 0.717) is 17.2 Å². The molecule has 0 unspecified atom stereocenters. The molecule has 0 saturated carbocycles. The van der Waals surface area contributed by atoms with E-state index in [1.807, 2.05) is 12.1 Å². The molecule has 0 aromatic heterocycles. The lowest BCUT2D eigenvalue weighted by molar-refractivity contribution is 0.101. The number of benzene rings is 2. The quantitative estimate of drug-likeness (QED) is 0.831. The van der Waals surface area contributed by atoms with Crippen LogP contribution in [0.4, 0.5) is 11.4 Å². The van der Waals surface area contributed by atoms with Crippen LogP contribution in [0.3, 0.4) is 0 Å². The summed E-state index contributed by atoms with van der Waals surface area (Å²) < 4.78 is 5.21. The maximum atomic E-state index is 11.6. The van der Waals surface area contributed by atoms with Gasteiger partial charge < -0.3 is 15.0 Å².